The third-order valence-corrected chi connectivity index (χ3v) is 6.65. The highest BCUT2D eigenvalue weighted by Gasteiger charge is 2.26. The lowest BCUT2D eigenvalue weighted by Gasteiger charge is -2.19. The fourth-order valence-electron chi connectivity index (χ4n) is 4.17. The number of nitrogens with zero attached hydrogens (tertiary/aromatic N) is 1. The van der Waals surface area contributed by atoms with Crippen molar-refractivity contribution >= 4 is 21.6 Å². The van der Waals surface area contributed by atoms with Crippen LogP contribution < -0.4 is 0 Å². The molecule has 0 spiro atoms. The molecule has 0 N–H and O–H groups in total. The van der Waals surface area contributed by atoms with E-state index >= 15 is 0 Å². The number of aromatic nitrogens is 1. The number of furan rings is 1. The van der Waals surface area contributed by atoms with Crippen molar-refractivity contribution in [2.45, 2.75) is 33.1 Å². The zero-order valence-corrected chi connectivity index (χ0v) is 15.9. The monoisotopic (exact) mass is 359 g/mol. The summed E-state index contributed by atoms with van der Waals surface area (Å²) in [5.41, 5.74) is 6.17. The van der Waals surface area contributed by atoms with E-state index in [0.29, 0.717) is 0 Å². The first kappa shape index (κ1) is 15.8. The SMILES string of the molecule is Cc1c(-c2ccccc2)nc2sc3c(c2c1-c1ccco1)CCC(C)C3. The number of thiophene rings is 1. The Morgan fingerprint density at radius 3 is 2.73 bits per heavy atom. The predicted molar refractivity (Wildman–Crippen MR) is 109 cm³/mol. The maximum absolute atomic E-state index is 5.86. The topological polar surface area (TPSA) is 26.0 Å². The highest BCUT2D eigenvalue weighted by molar-refractivity contribution is 7.19. The zero-order chi connectivity index (χ0) is 17.7. The molecule has 3 heteroatoms. The number of rotatable bonds is 2. The van der Waals surface area contributed by atoms with E-state index in [2.05, 4.69) is 50.2 Å². The molecule has 0 aliphatic heterocycles. The third kappa shape index (κ3) is 2.42. The van der Waals surface area contributed by atoms with Crippen LogP contribution in [0.3, 0.4) is 0 Å². The van der Waals surface area contributed by atoms with Crippen LogP contribution in [0.25, 0.3) is 32.8 Å². The molecular formula is C23H21NOS. The van der Waals surface area contributed by atoms with Crippen molar-refractivity contribution < 1.29 is 4.42 Å². The van der Waals surface area contributed by atoms with E-state index in [1.165, 1.54) is 45.4 Å². The molecule has 5 rings (SSSR count). The second-order valence-electron chi connectivity index (χ2n) is 7.34. The van der Waals surface area contributed by atoms with E-state index in [1.807, 2.05) is 17.4 Å². The quantitative estimate of drug-likeness (QED) is 0.400. The molecule has 2 nitrogen and oxygen atoms in total. The van der Waals surface area contributed by atoms with Crippen LogP contribution in [0, 0.1) is 12.8 Å². The molecule has 0 bridgehead atoms. The lowest BCUT2D eigenvalue weighted by molar-refractivity contribution is 0.509. The Morgan fingerprint density at radius 2 is 1.96 bits per heavy atom. The van der Waals surface area contributed by atoms with Gasteiger partial charge in [0.05, 0.1) is 12.0 Å². The van der Waals surface area contributed by atoms with Gasteiger partial charge in [0, 0.05) is 21.4 Å². The minimum atomic E-state index is 0.761. The summed E-state index contributed by atoms with van der Waals surface area (Å²) >= 11 is 1.88. The van der Waals surface area contributed by atoms with Crippen molar-refractivity contribution in [2.75, 3.05) is 0 Å². The molecule has 0 saturated heterocycles. The summed E-state index contributed by atoms with van der Waals surface area (Å²) in [6, 6.07) is 14.5. The first-order chi connectivity index (χ1) is 12.7. The summed E-state index contributed by atoms with van der Waals surface area (Å²) in [6.07, 6.45) is 5.35. The highest BCUT2D eigenvalue weighted by atomic mass is 32.1. The average molecular weight is 359 g/mol. The molecule has 3 aromatic heterocycles. The average Bonchev–Trinajstić information content (AvgIpc) is 3.29. The van der Waals surface area contributed by atoms with Crippen LogP contribution in [0.1, 0.15) is 29.3 Å². The van der Waals surface area contributed by atoms with Crippen LogP contribution in [0.4, 0.5) is 0 Å². The van der Waals surface area contributed by atoms with Crippen LogP contribution in [-0.2, 0) is 12.8 Å². The molecule has 1 aliphatic rings. The predicted octanol–water partition coefficient (Wildman–Crippen LogP) is 6.66. The van der Waals surface area contributed by atoms with Crippen molar-refractivity contribution in [3.63, 3.8) is 0 Å². The summed E-state index contributed by atoms with van der Waals surface area (Å²) < 4.78 is 5.86. The van der Waals surface area contributed by atoms with Crippen LogP contribution in [0.2, 0.25) is 0 Å². The molecule has 1 aromatic carbocycles. The minimum absolute atomic E-state index is 0.761. The van der Waals surface area contributed by atoms with Gasteiger partial charge in [0.15, 0.2) is 0 Å². The smallest absolute Gasteiger partial charge is 0.134 e. The van der Waals surface area contributed by atoms with Gasteiger partial charge in [-0.15, -0.1) is 11.3 Å². The van der Waals surface area contributed by atoms with Gasteiger partial charge in [-0.25, -0.2) is 4.98 Å². The van der Waals surface area contributed by atoms with E-state index in [4.69, 9.17) is 9.40 Å². The van der Waals surface area contributed by atoms with E-state index in [-0.39, 0.29) is 0 Å². The number of pyridine rings is 1. The second-order valence-corrected chi connectivity index (χ2v) is 8.42. The molecule has 0 amide bonds. The highest BCUT2D eigenvalue weighted by Crippen LogP contribution is 2.45. The Hall–Kier alpha value is -2.39. The Morgan fingerprint density at radius 1 is 1.12 bits per heavy atom. The molecule has 0 radical (unpaired) electrons. The summed E-state index contributed by atoms with van der Waals surface area (Å²) in [4.78, 5) is 7.79. The van der Waals surface area contributed by atoms with Crippen LogP contribution in [0.5, 0.6) is 0 Å². The van der Waals surface area contributed by atoms with Gasteiger partial charge in [-0.2, -0.15) is 0 Å². The Balaban J connectivity index is 1.86. The largest absolute Gasteiger partial charge is 0.464 e. The molecule has 0 saturated carbocycles. The molecule has 1 atom stereocenters. The maximum Gasteiger partial charge on any atom is 0.134 e. The lowest BCUT2D eigenvalue weighted by Crippen LogP contribution is -2.08. The molecule has 130 valence electrons. The van der Waals surface area contributed by atoms with Gasteiger partial charge < -0.3 is 4.42 Å². The van der Waals surface area contributed by atoms with E-state index in [0.717, 1.165) is 28.6 Å². The zero-order valence-electron chi connectivity index (χ0n) is 15.1. The lowest BCUT2D eigenvalue weighted by atomic mass is 9.87. The van der Waals surface area contributed by atoms with Gasteiger partial charge in [-0.1, -0.05) is 37.3 Å². The molecule has 26 heavy (non-hydrogen) atoms. The fourth-order valence-corrected chi connectivity index (χ4v) is 5.56. The standard InChI is InChI=1S/C23H21NOS/c1-14-10-11-17-19(13-14)26-23-21(17)20(18-9-6-12-25-18)15(2)22(24-23)16-7-4-3-5-8-16/h3-9,12,14H,10-11,13H2,1-2H3. The minimum Gasteiger partial charge on any atom is -0.464 e. The number of hydrogen-bond acceptors (Lipinski definition) is 3. The van der Waals surface area contributed by atoms with E-state index in [1.54, 1.807) is 6.26 Å². The summed E-state index contributed by atoms with van der Waals surface area (Å²) in [6.45, 7) is 4.54. The number of aryl methyl sites for hydroxylation is 1. The van der Waals surface area contributed by atoms with Gasteiger partial charge in [-0.3, -0.25) is 0 Å². The normalized spacial score (nSPS) is 16.8. The first-order valence-electron chi connectivity index (χ1n) is 9.26. The fraction of sp³-hybridized carbons (Fsp3) is 0.261. The van der Waals surface area contributed by atoms with E-state index in [9.17, 15) is 0 Å². The van der Waals surface area contributed by atoms with Gasteiger partial charge in [-0.05, 0) is 55.4 Å². The Bertz CT molecular complexity index is 1080. The second kappa shape index (κ2) is 6.10. The Kier molecular flexibility index (Phi) is 3.71. The van der Waals surface area contributed by atoms with Gasteiger partial charge in [0.2, 0.25) is 0 Å². The van der Waals surface area contributed by atoms with Crippen molar-refractivity contribution in [2.24, 2.45) is 5.92 Å². The number of fused-ring (bicyclic) bond motifs is 3. The molecule has 3 heterocycles. The van der Waals surface area contributed by atoms with Crippen molar-refractivity contribution in [1.29, 1.82) is 0 Å². The van der Waals surface area contributed by atoms with Crippen LogP contribution in [0.15, 0.2) is 53.1 Å². The summed E-state index contributed by atoms with van der Waals surface area (Å²) in [5.74, 6) is 1.71. The first-order valence-corrected chi connectivity index (χ1v) is 10.1. The summed E-state index contributed by atoms with van der Waals surface area (Å²) in [7, 11) is 0. The van der Waals surface area contributed by atoms with Crippen molar-refractivity contribution in [3.8, 4) is 22.6 Å². The Labute approximate surface area is 157 Å². The van der Waals surface area contributed by atoms with Crippen LogP contribution in [-0.4, -0.2) is 4.98 Å². The molecular weight excluding hydrogens is 338 g/mol. The maximum atomic E-state index is 5.86. The van der Waals surface area contributed by atoms with Crippen molar-refractivity contribution in [3.05, 3.63) is 64.7 Å². The van der Waals surface area contributed by atoms with Gasteiger partial charge >= 0.3 is 0 Å². The van der Waals surface area contributed by atoms with Crippen LogP contribution >= 0.6 is 11.3 Å². The molecule has 1 aliphatic carbocycles. The van der Waals surface area contributed by atoms with Gasteiger partial charge in [0.25, 0.3) is 0 Å². The molecule has 4 aromatic rings. The van der Waals surface area contributed by atoms with Crippen molar-refractivity contribution in [1.82, 2.24) is 4.98 Å². The molecule has 1 unspecified atom stereocenters. The third-order valence-electron chi connectivity index (χ3n) is 5.50. The molecule has 0 fully saturated rings. The number of hydrogen-bond donors (Lipinski definition) is 0. The van der Waals surface area contributed by atoms with E-state index < -0.39 is 0 Å². The van der Waals surface area contributed by atoms with Gasteiger partial charge in [0.1, 0.15) is 10.6 Å². The number of benzene rings is 1. The summed E-state index contributed by atoms with van der Waals surface area (Å²) in [5, 5.41) is 1.32.